The molecule has 0 aliphatic carbocycles. The molecule has 32 heavy (non-hydrogen) atoms. The predicted octanol–water partition coefficient (Wildman–Crippen LogP) is -0.200. The lowest BCUT2D eigenvalue weighted by Gasteiger charge is -2.34. The monoisotopic (exact) mass is 444 g/mol. The van der Waals surface area contributed by atoms with Crippen LogP contribution in [0.25, 0.3) is 0 Å². The van der Waals surface area contributed by atoms with Gasteiger partial charge in [0.1, 0.15) is 44.3 Å². The molecule has 1 aliphatic rings. The van der Waals surface area contributed by atoms with Crippen molar-refractivity contribution in [3.63, 3.8) is 0 Å². The van der Waals surface area contributed by atoms with Gasteiger partial charge in [-0.2, -0.15) is 0 Å². The van der Waals surface area contributed by atoms with E-state index in [-0.39, 0.29) is 23.3 Å². The van der Waals surface area contributed by atoms with E-state index in [9.17, 15) is 14.3 Å². The second-order valence-electron chi connectivity index (χ2n) is 9.19. The highest BCUT2D eigenvalue weighted by Crippen LogP contribution is 2.13. The van der Waals surface area contributed by atoms with Gasteiger partial charge < -0.3 is 19.8 Å². The molecule has 6 heteroatoms. The molecule has 174 valence electrons. The largest absolute Gasteiger partial charge is 0.508 e. The predicted molar refractivity (Wildman–Crippen MR) is 124 cm³/mol. The first-order chi connectivity index (χ1) is 15.4. The van der Waals surface area contributed by atoms with Crippen LogP contribution >= 0.6 is 0 Å². The van der Waals surface area contributed by atoms with Gasteiger partial charge >= 0.3 is 0 Å². The summed E-state index contributed by atoms with van der Waals surface area (Å²) in [6.07, 6.45) is 0. The van der Waals surface area contributed by atoms with Crippen LogP contribution in [-0.4, -0.2) is 63.2 Å². The van der Waals surface area contributed by atoms with E-state index in [2.05, 4.69) is 13.8 Å². The molecular weight excluding hydrogens is 405 g/mol. The van der Waals surface area contributed by atoms with Gasteiger partial charge in [-0.15, -0.1) is 0 Å². The molecule has 4 N–H and O–H groups in total. The second-order valence-corrected chi connectivity index (χ2v) is 9.19. The lowest BCUT2D eigenvalue weighted by molar-refractivity contribution is -1.03. The van der Waals surface area contributed by atoms with Crippen LogP contribution in [0.1, 0.15) is 42.7 Å². The number of piperazine rings is 1. The number of halogens is 1. The van der Waals surface area contributed by atoms with Gasteiger partial charge in [-0.25, -0.2) is 4.39 Å². The maximum absolute atomic E-state index is 13.5. The van der Waals surface area contributed by atoms with Gasteiger partial charge in [0.2, 0.25) is 0 Å². The number of hydrogen-bond acceptors (Lipinski definition) is 2. The van der Waals surface area contributed by atoms with E-state index < -0.39 is 0 Å². The van der Waals surface area contributed by atoms with Gasteiger partial charge in [0, 0.05) is 11.1 Å². The lowest BCUT2D eigenvalue weighted by Crippen LogP contribution is -3.30. The van der Waals surface area contributed by atoms with Gasteiger partial charge in [-0.3, -0.25) is 4.79 Å². The number of carbonyl (C=O) groups excluding carboxylic acids is 1. The maximum atomic E-state index is 13.5. The van der Waals surface area contributed by atoms with E-state index in [0.29, 0.717) is 11.6 Å². The molecule has 3 rings (SSSR count). The third kappa shape index (κ3) is 6.37. The number of phenolic OH excluding ortho intramolecular Hbond substituents is 1. The quantitative estimate of drug-likeness (QED) is 0.384. The Labute approximate surface area is 191 Å². The zero-order valence-corrected chi connectivity index (χ0v) is 19.7. The Bertz CT molecular complexity index is 844. The first-order valence-corrected chi connectivity index (χ1v) is 12.0. The number of ketones is 1. The van der Waals surface area contributed by atoms with Crippen molar-refractivity contribution in [1.82, 2.24) is 0 Å². The number of phenols is 1. The van der Waals surface area contributed by atoms with Gasteiger partial charge in [0.15, 0.2) is 11.8 Å². The lowest BCUT2D eigenvalue weighted by atomic mass is 9.98. The third-order valence-electron chi connectivity index (χ3n) is 7.02. The van der Waals surface area contributed by atoms with Crippen molar-refractivity contribution >= 4 is 5.78 Å². The molecule has 0 aromatic heterocycles. The molecule has 1 aliphatic heterocycles. The van der Waals surface area contributed by atoms with Crippen LogP contribution in [0.2, 0.25) is 0 Å². The number of nitrogens with one attached hydrogen (secondary N) is 3. The Morgan fingerprint density at radius 1 is 0.938 bits per heavy atom. The molecule has 2 atom stereocenters. The van der Waals surface area contributed by atoms with Crippen LogP contribution in [-0.2, 0) is 0 Å². The summed E-state index contributed by atoms with van der Waals surface area (Å²) in [5.41, 5.74) is 1.89. The van der Waals surface area contributed by atoms with Gasteiger partial charge in [-0.05, 0) is 69.3 Å². The Hall–Kier alpha value is -2.28. The molecule has 2 aromatic carbocycles. The van der Waals surface area contributed by atoms with E-state index in [4.69, 9.17) is 0 Å². The first kappa shape index (κ1) is 24.4. The number of rotatable bonds is 10. The SMILES string of the molecule is CC[NH+](CC)[C@H](C[NH+]1CC[NH+](C[C@H](C)C(=O)c2ccc(O)cc2)CC1)c1ccc(F)cc1. The van der Waals surface area contributed by atoms with Crippen molar-refractivity contribution in [2.75, 3.05) is 52.4 Å². The summed E-state index contributed by atoms with van der Waals surface area (Å²) in [4.78, 5) is 17.4. The number of hydrogen-bond donors (Lipinski definition) is 4. The van der Waals surface area contributed by atoms with Crippen molar-refractivity contribution in [3.05, 3.63) is 65.5 Å². The summed E-state index contributed by atoms with van der Waals surface area (Å²) in [5.74, 6) is 0.115. The van der Waals surface area contributed by atoms with Gasteiger partial charge in [0.05, 0.1) is 25.6 Å². The highest BCUT2D eigenvalue weighted by atomic mass is 19.1. The smallest absolute Gasteiger partial charge is 0.171 e. The molecule has 0 unspecified atom stereocenters. The minimum atomic E-state index is -0.178. The normalized spacial score (nSPS) is 20.8. The van der Waals surface area contributed by atoms with Crippen LogP contribution in [0.3, 0.4) is 0 Å². The summed E-state index contributed by atoms with van der Waals surface area (Å²) in [5, 5.41) is 9.44. The average Bonchev–Trinajstić information content (AvgIpc) is 2.81. The molecule has 1 heterocycles. The number of benzene rings is 2. The molecule has 5 nitrogen and oxygen atoms in total. The summed E-state index contributed by atoms with van der Waals surface area (Å²) in [6, 6.07) is 14.0. The van der Waals surface area contributed by atoms with Gasteiger partial charge in [0.25, 0.3) is 0 Å². The van der Waals surface area contributed by atoms with E-state index in [1.807, 2.05) is 19.1 Å². The average molecular weight is 445 g/mol. The van der Waals surface area contributed by atoms with Gasteiger partial charge in [-0.1, -0.05) is 0 Å². The number of carbonyl (C=O) groups is 1. The van der Waals surface area contributed by atoms with Crippen LogP contribution in [0, 0.1) is 11.7 Å². The Kier molecular flexibility index (Phi) is 8.79. The second kappa shape index (κ2) is 11.5. The summed E-state index contributed by atoms with van der Waals surface area (Å²) in [7, 11) is 0. The third-order valence-corrected chi connectivity index (χ3v) is 7.02. The number of Topliss-reactive ketones (excluding diaryl/α,β-unsaturated/α-hetero) is 1. The van der Waals surface area contributed by atoms with E-state index in [0.717, 1.165) is 52.4 Å². The molecule has 2 aromatic rings. The van der Waals surface area contributed by atoms with Crippen molar-refractivity contribution < 1.29 is 29.0 Å². The van der Waals surface area contributed by atoms with Crippen LogP contribution in [0.5, 0.6) is 5.75 Å². The van der Waals surface area contributed by atoms with Crippen molar-refractivity contribution in [3.8, 4) is 5.75 Å². The van der Waals surface area contributed by atoms with Crippen LogP contribution in [0.15, 0.2) is 48.5 Å². The maximum Gasteiger partial charge on any atom is 0.171 e. The standard InChI is InChI=1S/C26H36FN3O2/c1-4-30(5-2)25(21-6-10-23(27)11-7-21)19-29-16-14-28(15-17-29)18-20(3)26(32)22-8-12-24(31)13-9-22/h6-13,20,25,31H,4-5,14-19H2,1-3H3/p+3/t20-,25+/m0/s1. The van der Waals surface area contributed by atoms with Crippen molar-refractivity contribution in [1.29, 1.82) is 0 Å². The molecule has 0 spiro atoms. The number of quaternary nitrogens is 3. The Morgan fingerprint density at radius 3 is 2.00 bits per heavy atom. The number of likely N-dealkylation sites (N-methyl/N-ethyl adjacent to an activating group) is 1. The molecule has 0 bridgehead atoms. The van der Waals surface area contributed by atoms with Crippen LogP contribution < -0.4 is 14.7 Å². The van der Waals surface area contributed by atoms with E-state index >= 15 is 0 Å². The fraction of sp³-hybridized carbons (Fsp3) is 0.500. The van der Waals surface area contributed by atoms with E-state index in [1.54, 1.807) is 41.3 Å². The molecule has 0 radical (unpaired) electrons. The van der Waals surface area contributed by atoms with Crippen LogP contribution in [0.4, 0.5) is 4.39 Å². The number of aromatic hydroxyl groups is 1. The molecular formula is C26H39FN3O2+3. The topological polar surface area (TPSA) is 50.6 Å². The summed E-state index contributed by atoms with van der Waals surface area (Å²) in [6.45, 7) is 14.8. The molecule has 1 fully saturated rings. The fourth-order valence-electron chi connectivity index (χ4n) is 5.03. The Morgan fingerprint density at radius 2 is 1.47 bits per heavy atom. The van der Waals surface area contributed by atoms with E-state index in [1.165, 1.54) is 15.4 Å². The highest BCUT2D eigenvalue weighted by Gasteiger charge is 2.32. The zero-order chi connectivity index (χ0) is 23.1. The van der Waals surface area contributed by atoms with Crippen molar-refractivity contribution in [2.24, 2.45) is 5.92 Å². The fourth-order valence-corrected chi connectivity index (χ4v) is 5.03. The first-order valence-electron chi connectivity index (χ1n) is 12.0. The molecule has 1 saturated heterocycles. The molecule has 0 amide bonds. The summed E-state index contributed by atoms with van der Waals surface area (Å²) < 4.78 is 13.5. The summed E-state index contributed by atoms with van der Waals surface area (Å²) >= 11 is 0. The Balaban J connectivity index is 1.54. The highest BCUT2D eigenvalue weighted by molar-refractivity contribution is 5.97. The van der Waals surface area contributed by atoms with Crippen molar-refractivity contribution in [2.45, 2.75) is 26.8 Å². The zero-order valence-electron chi connectivity index (χ0n) is 19.7. The minimum absolute atomic E-state index is 0.0387. The minimum Gasteiger partial charge on any atom is -0.508 e. The molecule has 0 saturated carbocycles.